The van der Waals surface area contributed by atoms with Gasteiger partial charge < -0.3 is 15.8 Å². The molecule has 0 aliphatic carbocycles. The highest BCUT2D eigenvalue weighted by Crippen LogP contribution is 2.20. The maximum absolute atomic E-state index is 13.5. The Morgan fingerprint density at radius 1 is 1.67 bits per heavy atom. The summed E-state index contributed by atoms with van der Waals surface area (Å²) in [6.45, 7) is 1.33. The molecular formula is C12H14FN3O2. The van der Waals surface area contributed by atoms with Gasteiger partial charge in [0.15, 0.2) is 6.61 Å². The van der Waals surface area contributed by atoms with E-state index in [2.05, 4.69) is 5.32 Å². The van der Waals surface area contributed by atoms with Crippen molar-refractivity contribution in [1.82, 2.24) is 5.32 Å². The predicted molar refractivity (Wildman–Crippen MR) is 63.1 cm³/mol. The number of nitrogens with two attached hydrogens (primary N) is 1. The molecule has 0 aliphatic rings. The Kier molecular flexibility index (Phi) is 5.08. The quantitative estimate of drug-likeness (QED) is 0.760. The molecule has 0 saturated heterocycles. The Labute approximate surface area is 104 Å². The van der Waals surface area contributed by atoms with Gasteiger partial charge in [0, 0.05) is 17.7 Å². The van der Waals surface area contributed by atoms with Crippen LogP contribution in [0.2, 0.25) is 0 Å². The molecule has 5 nitrogen and oxygen atoms in total. The molecule has 1 aromatic rings. The third-order valence-electron chi connectivity index (χ3n) is 2.20. The van der Waals surface area contributed by atoms with Crippen molar-refractivity contribution in [3.05, 3.63) is 29.6 Å². The second-order valence-corrected chi connectivity index (χ2v) is 3.70. The normalized spacial score (nSPS) is 11.4. The summed E-state index contributed by atoms with van der Waals surface area (Å²) in [5, 5.41) is 10.6. The van der Waals surface area contributed by atoms with Crippen LogP contribution in [0.5, 0.6) is 5.75 Å². The van der Waals surface area contributed by atoms with Crippen molar-refractivity contribution in [2.24, 2.45) is 5.73 Å². The van der Waals surface area contributed by atoms with Crippen LogP contribution in [0.1, 0.15) is 18.5 Å². The lowest BCUT2D eigenvalue weighted by atomic mass is 10.1. The van der Waals surface area contributed by atoms with Gasteiger partial charge in [-0.15, -0.1) is 0 Å². The molecule has 0 radical (unpaired) electrons. The van der Waals surface area contributed by atoms with Crippen LogP contribution in [0.4, 0.5) is 4.39 Å². The molecule has 0 unspecified atom stereocenters. The van der Waals surface area contributed by atoms with Crippen molar-refractivity contribution < 1.29 is 13.9 Å². The molecule has 0 saturated carbocycles. The number of nitrogens with zero attached hydrogens (tertiary/aromatic N) is 1. The molecule has 96 valence electrons. The van der Waals surface area contributed by atoms with Gasteiger partial charge in [0.1, 0.15) is 18.1 Å². The molecule has 0 spiro atoms. The summed E-state index contributed by atoms with van der Waals surface area (Å²) in [5.41, 5.74) is 5.95. The molecular weight excluding hydrogens is 237 g/mol. The molecule has 0 aliphatic heterocycles. The van der Waals surface area contributed by atoms with E-state index in [1.807, 2.05) is 0 Å². The molecule has 0 bridgehead atoms. The number of rotatable bonds is 5. The first-order valence-corrected chi connectivity index (χ1v) is 5.36. The third kappa shape index (κ3) is 4.03. The van der Waals surface area contributed by atoms with Gasteiger partial charge in [-0.2, -0.15) is 5.26 Å². The molecule has 0 heterocycles. The van der Waals surface area contributed by atoms with Gasteiger partial charge in [0.25, 0.3) is 5.91 Å². The van der Waals surface area contributed by atoms with E-state index in [1.54, 1.807) is 19.1 Å². The highest BCUT2D eigenvalue weighted by atomic mass is 19.1. The van der Waals surface area contributed by atoms with Crippen molar-refractivity contribution in [2.75, 3.05) is 13.2 Å². The third-order valence-corrected chi connectivity index (χ3v) is 2.20. The Morgan fingerprint density at radius 3 is 2.94 bits per heavy atom. The molecule has 1 aromatic carbocycles. The standard InChI is InChI=1S/C12H14FN3O2/c1-8(15)10-3-2-9(6-11(10)13)18-7-12(17)16-5-4-14/h2-3,6,8H,5,7,15H2,1H3,(H,16,17)/t8-/m0/s1. The van der Waals surface area contributed by atoms with E-state index in [0.717, 1.165) is 0 Å². The second-order valence-electron chi connectivity index (χ2n) is 3.70. The monoisotopic (exact) mass is 251 g/mol. The van der Waals surface area contributed by atoms with Crippen molar-refractivity contribution in [2.45, 2.75) is 13.0 Å². The van der Waals surface area contributed by atoms with Gasteiger partial charge >= 0.3 is 0 Å². The fourth-order valence-corrected chi connectivity index (χ4v) is 1.30. The molecule has 1 atom stereocenters. The van der Waals surface area contributed by atoms with E-state index in [1.165, 1.54) is 12.1 Å². The number of hydrogen-bond acceptors (Lipinski definition) is 4. The summed E-state index contributed by atoms with van der Waals surface area (Å²) >= 11 is 0. The van der Waals surface area contributed by atoms with Gasteiger partial charge in [-0.25, -0.2) is 4.39 Å². The fourth-order valence-electron chi connectivity index (χ4n) is 1.30. The zero-order valence-corrected chi connectivity index (χ0v) is 9.94. The first-order chi connectivity index (χ1) is 8.54. The first kappa shape index (κ1) is 13.9. The van der Waals surface area contributed by atoms with E-state index >= 15 is 0 Å². The fraction of sp³-hybridized carbons (Fsp3) is 0.333. The lowest BCUT2D eigenvalue weighted by molar-refractivity contribution is -0.122. The lowest BCUT2D eigenvalue weighted by Gasteiger charge is -2.10. The molecule has 1 rings (SSSR count). The lowest BCUT2D eigenvalue weighted by Crippen LogP contribution is -2.29. The van der Waals surface area contributed by atoms with E-state index < -0.39 is 17.8 Å². The Balaban J connectivity index is 2.56. The van der Waals surface area contributed by atoms with Crippen molar-refractivity contribution >= 4 is 5.91 Å². The highest BCUT2D eigenvalue weighted by Gasteiger charge is 2.09. The summed E-state index contributed by atoms with van der Waals surface area (Å²) in [6.07, 6.45) is 0. The van der Waals surface area contributed by atoms with Gasteiger partial charge in [-0.1, -0.05) is 6.07 Å². The number of carbonyl (C=O) groups excluding carboxylic acids is 1. The Bertz CT molecular complexity index is 469. The molecule has 18 heavy (non-hydrogen) atoms. The summed E-state index contributed by atoms with van der Waals surface area (Å²) in [7, 11) is 0. The number of nitrogens with one attached hydrogen (secondary N) is 1. The van der Waals surface area contributed by atoms with Crippen LogP contribution in [0.25, 0.3) is 0 Å². The van der Waals surface area contributed by atoms with Crippen LogP contribution >= 0.6 is 0 Å². The SMILES string of the molecule is C[C@H](N)c1ccc(OCC(=O)NCC#N)cc1F. The zero-order chi connectivity index (χ0) is 13.5. The predicted octanol–water partition coefficient (Wildman–Crippen LogP) is 0.864. The summed E-state index contributed by atoms with van der Waals surface area (Å²) in [4.78, 5) is 11.1. The van der Waals surface area contributed by atoms with Crippen LogP contribution in [-0.4, -0.2) is 19.1 Å². The van der Waals surface area contributed by atoms with Gasteiger partial charge in [0.2, 0.25) is 0 Å². The van der Waals surface area contributed by atoms with E-state index in [-0.39, 0.29) is 18.9 Å². The van der Waals surface area contributed by atoms with Crippen LogP contribution in [-0.2, 0) is 4.79 Å². The van der Waals surface area contributed by atoms with Crippen LogP contribution in [0.15, 0.2) is 18.2 Å². The number of benzene rings is 1. The van der Waals surface area contributed by atoms with E-state index in [9.17, 15) is 9.18 Å². The van der Waals surface area contributed by atoms with Gasteiger partial charge in [-0.3, -0.25) is 4.79 Å². The zero-order valence-electron chi connectivity index (χ0n) is 9.94. The van der Waals surface area contributed by atoms with Crippen LogP contribution < -0.4 is 15.8 Å². The average molecular weight is 251 g/mol. The van der Waals surface area contributed by atoms with Gasteiger partial charge in [-0.05, 0) is 13.0 Å². The van der Waals surface area contributed by atoms with Crippen LogP contribution in [0, 0.1) is 17.1 Å². The first-order valence-electron chi connectivity index (χ1n) is 5.36. The maximum atomic E-state index is 13.5. The minimum atomic E-state index is -0.472. The van der Waals surface area contributed by atoms with E-state index in [0.29, 0.717) is 5.56 Å². The second kappa shape index (κ2) is 6.57. The molecule has 1 amide bonds. The number of ether oxygens (including phenoxy) is 1. The number of carbonyl (C=O) groups is 1. The largest absolute Gasteiger partial charge is 0.484 e. The average Bonchev–Trinajstić information content (AvgIpc) is 2.33. The van der Waals surface area contributed by atoms with Crippen molar-refractivity contribution in [1.29, 1.82) is 5.26 Å². The molecule has 6 heteroatoms. The number of nitriles is 1. The summed E-state index contributed by atoms with van der Waals surface area (Å²) < 4.78 is 18.6. The number of amides is 1. The van der Waals surface area contributed by atoms with E-state index in [4.69, 9.17) is 15.7 Å². The maximum Gasteiger partial charge on any atom is 0.258 e. The summed E-state index contributed by atoms with van der Waals surface area (Å²) in [5.74, 6) is -0.669. The smallest absolute Gasteiger partial charge is 0.258 e. The molecule has 0 fully saturated rings. The van der Waals surface area contributed by atoms with Crippen molar-refractivity contribution in [3.63, 3.8) is 0 Å². The van der Waals surface area contributed by atoms with Crippen molar-refractivity contribution in [3.8, 4) is 11.8 Å². The Morgan fingerprint density at radius 2 is 2.39 bits per heavy atom. The van der Waals surface area contributed by atoms with Gasteiger partial charge in [0.05, 0.1) is 6.07 Å². The summed E-state index contributed by atoms with van der Waals surface area (Å²) in [6, 6.07) is 5.59. The highest BCUT2D eigenvalue weighted by molar-refractivity contribution is 5.77. The Hall–Kier alpha value is -2.13. The minimum absolute atomic E-state index is 0.0832. The van der Waals surface area contributed by atoms with Crippen LogP contribution in [0.3, 0.4) is 0 Å². The number of halogens is 1. The molecule has 3 N–H and O–H groups in total. The number of hydrogen-bond donors (Lipinski definition) is 2. The minimum Gasteiger partial charge on any atom is -0.484 e. The topological polar surface area (TPSA) is 88.1 Å². The molecule has 0 aromatic heterocycles.